The third-order valence-electron chi connectivity index (χ3n) is 1.67. The van der Waals surface area contributed by atoms with Crippen LogP contribution in [-0.4, -0.2) is 4.92 Å². The summed E-state index contributed by atoms with van der Waals surface area (Å²) in [6.07, 6.45) is 0. The molecule has 0 saturated heterocycles. The molecular weight excluding hydrogens is 178 g/mol. The van der Waals surface area contributed by atoms with Gasteiger partial charge in [0.2, 0.25) is 0 Å². The first kappa shape index (κ1) is 9.00. The van der Waals surface area contributed by atoms with Crippen LogP contribution in [0.4, 0.5) is 5.69 Å². The van der Waals surface area contributed by atoms with Crippen molar-refractivity contribution in [3.8, 4) is 0 Å². The summed E-state index contributed by atoms with van der Waals surface area (Å²) in [6, 6.07) is 4.26. The van der Waals surface area contributed by atoms with Gasteiger partial charge in [0.05, 0.1) is 9.95 Å². The van der Waals surface area contributed by atoms with E-state index in [4.69, 9.17) is 11.6 Å². The minimum absolute atomic E-state index is 0.0579. The standard InChI is InChI=1S/C8H7ClNO2/c1-5-3-4-7(9)6(2)8(5)10(11)12/h4H,1-2H3. The molecule has 1 radical (unpaired) electrons. The average molecular weight is 185 g/mol. The van der Waals surface area contributed by atoms with Crippen molar-refractivity contribution in [2.24, 2.45) is 0 Å². The lowest BCUT2D eigenvalue weighted by Gasteiger charge is -2.01. The van der Waals surface area contributed by atoms with E-state index in [0.717, 1.165) is 0 Å². The Kier molecular flexibility index (Phi) is 2.33. The van der Waals surface area contributed by atoms with Gasteiger partial charge in [0.15, 0.2) is 0 Å². The molecule has 0 aliphatic rings. The quantitative estimate of drug-likeness (QED) is 0.498. The molecule has 0 atom stereocenters. The van der Waals surface area contributed by atoms with Gasteiger partial charge in [-0.3, -0.25) is 10.1 Å². The van der Waals surface area contributed by atoms with Gasteiger partial charge >= 0.3 is 0 Å². The van der Waals surface area contributed by atoms with Crippen LogP contribution in [0, 0.1) is 30.0 Å². The molecule has 0 fully saturated rings. The Labute approximate surface area is 75.1 Å². The summed E-state index contributed by atoms with van der Waals surface area (Å²) >= 11 is 5.69. The zero-order valence-corrected chi connectivity index (χ0v) is 7.47. The van der Waals surface area contributed by atoms with Crippen molar-refractivity contribution in [3.63, 3.8) is 0 Å². The van der Waals surface area contributed by atoms with Crippen molar-refractivity contribution >= 4 is 17.3 Å². The molecular formula is C8H7ClNO2. The summed E-state index contributed by atoms with van der Waals surface area (Å²) in [7, 11) is 0. The van der Waals surface area contributed by atoms with E-state index < -0.39 is 4.92 Å². The van der Waals surface area contributed by atoms with Gasteiger partial charge in [-0.1, -0.05) is 11.6 Å². The molecule has 12 heavy (non-hydrogen) atoms. The largest absolute Gasteiger partial charge is 0.277 e. The highest BCUT2D eigenvalue weighted by atomic mass is 35.5. The van der Waals surface area contributed by atoms with E-state index in [1.807, 2.05) is 0 Å². The zero-order valence-electron chi connectivity index (χ0n) is 6.72. The van der Waals surface area contributed by atoms with Crippen molar-refractivity contribution in [1.29, 1.82) is 0 Å². The Balaban J connectivity index is 3.43. The molecule has 63 valence electrons. The fourth-order valence-electron chi connectivity index (χ4n) is 1.02. The Morgan fingerprint density at radius 3 is 2.58 bits per heavy atom. The molecule has 0 unspecified atom stereocenters. The molecule has 1 rings (SSSR count). The molecule has 1 aromatic carbocycles. The molecule has 0 spiro atoms. The smallest absolute Gasteiger partial charge is 0.258 e. The van der Waals surface area contributed by atoms with Crippen molar-refractivity contribution in [1.82, 2.24) is 0 Å². The number of hydrogen-bond donors (Lipinski definition) is 0. The number of nitro groups is 1. The lowest BCUT2D eigenvalue weighted by atomic mass is 10.1. The summed E-state index contributed by atoms with van der Waals surface area (Å²) in [5.74, 6) is 0. The summed E-state index contributed by atoms with van der Waals surface area (Å²) in [5.41, 5.74) is 1.07. The van der Waals surface area contributed by atoms with E-state index in [2.05, 4.69) is 6.07 Å². The van der Waals surface area contributed by atoms with Gasteiger partial charge in [0, 0.05) is 11.1 Å². The molecule has 4 heteroatoms. The summed E-state index contributed by atoms with van der Waals surface area (Å²) in [5, 5.41) is 10.9. The minimum Gasteiger partial charge on any atom is -0.258 e. The Bertz CT molecular complexity index is 336. The van der Waals surface area contributed by atoms with Gasteiger partial charge in [-0.15, -0.1) is 0 Å². The monoisotopic (exact) mass is 184 g/mol. The van der Waals surface area contributed by atoms with Gasteiger partial charge in [-0.05, 0) is 26.0 Å². The molecule has 0 aromatic heterocycles. The molecule has 0 aliphatic heterocycles. The van der Waals surface area contributed by atoms with Crippen molar-refractivity contribution < 1.29 is 4.92 Å². The summed E-state index contributed by atoms with van der Waals surface area (Å²) < 4.78 is 0. The van der Waals surface area contributed by atoms with Gasteiger partial charge in [0.25, 0.3) is 5.69 Å². The maximum Gasteiger partial charge on any atom is 0.277 e. The second kappa shape index (κ2) is 3.11. The SMILES string of the molecule is Cc1[c]cc(Cl)c(C)c1[N+](=O)[O-]. The van der Waals surface area contributed by atoms with Gasteiger partial charge in [-0.2, -0.15) is 0 Å². The lowest BCUT2D eigenvalue weighted by molar-refractivity contribution is -0.386. The van der Waals surface area contributed by atoms with Crippen molar-refractivity contribution in [2.75, 3.05) is 0 Å². The second-order valence-electron chi connectivity index (χ2n) is 2.49. The maximum absolute atomic E-state index is 10.5. The van der Waals surface area contributed by atoms with Gasteiger partial charge in [-0.25, -0.2) is 0 Å². The highest BCUT2D eigenvalue weighted by Gasteiger charge is 2.16. The van der Waals surface area contributed by atoms with Crippen molar-refractivity contribution in [2.45, 2.75) is 13.8 Å². The third kappa shape index (κ3) is 1.41. The molecule has 0 N–H and O–H groups in total. The fraction of sp³-hybridized carbons (Fsp3) is 0.250. The number of benzene rings is 1. The van der Waals surface area contributed by atoms with Gasteiger partial charge < -0.3 is 0 Å². The number of rotatable bonds is 1. The first-order chi connectivity index (χ1) is 5.54. The summed E-state index contributed by atoms with van der Waals surface area (Å²) in [4.78, 5) is 10.1. The summed E-state index contributed by atoms with van der Waals surface area (Å²) in [6.45, 7) is 3.27. The Morgan fingerprint density at radius 2 is 2.17 bits per heavy atom. The molecule has 0 amide bonds. The van der Waals surface area contributed by atoms with Crippen LogP contribution in [0.2, 0.25) is 5.02 Å². The van der Waals surface area contributed by atoms with Crippen LogP contribution in [0.1, 0.15) is 11.1 Å². The predicted molar refractivity (Wildman–Crippen MR) is 46.4 cm³/mol. The Morgan fingerprint density at radius 1 is 1.58 bits per heavy atom. The number of nitrogens with zero attached hydrogens (tertiary/aromatic N) is 1. The van der Waals surface area contributed by atoms with E-state index >= 15 is 0 Å². The molecule has 3 nitrogen and oxygen atoms in total. The molecule has 0 bridgehead atoms. The predicted octanol–water partition coefficient (Wildman–Crippen LogP) is 2.67. The number of aryl methyl sites for hydroxylation is 1. The van der Waals surface area contributed by atoms with Gasteiger partial charge in [0.1, 0.15) is 0 Å². The van der Waals surface area contributed by atoms with Crippen LogP contribution >= 0.6 is 11.6 Å². The van der Waals surface area contributed by atoms with E-state index in [-0.39, 0.29) is 5.69 Å². The van der Waals surface area contributed by atoms with E-state index in [1.165, 1.54) is 0 Å². The van der Waals surface area contributed by atoms with E-state index in [0.29, 0.717) is 16.1 Å². The first-order valence-electron chi connectivity index (χ1n) is 3.36. The fourth-order valence-corrected chi connectivity index (χ4v) is 1.16. The molecule has 1 aromatic rings. The molecule has 0 saturated carbocycles. The third-order valence-corrected chi connectivity index (χ3v) is 2.06. The zero-order chi connectivity index (χ0) is 9.30. The van der Waals surface area contributed by atoms with E-state index in [1.54, 1.807) is 19.9 Å². The maximum atomic E-state index is 10.5. The molecule has 0 aliphatic carbocycles. The minimum atomic E-state index is -0.437. The molecule has 0 heterocycles. The van der Waals surface area contributed by atoms with Crippen LogP contribution < -0.4 is 0 Å². The highest BCUT2D eigenvalue weighted by Crippen LogP contribution is 2.27. The van der Waals surface area contributed by atoms with E-state index in [9.17, 15) is 10.1 Å². The lowest BCUT2D eigenvalue weighted by Crippen LogP contribution is -1.95. The van der Waals surface area contributed by atoms with Crippen molar-refractivity contribution in [3.05, 3.63) is 38.4 Å². The van der Waals surface area contributed by atoms with Crippen LogP contribution in [-0.2, 0) is 0 Å². The number of hydrogen-bond acceptors (Lipinski definition) is 2. The normalized spacial score (nSPS) is 9.92. The van der Waals surface area contributed by atoms with Crippen LogP contribution in [0.5, 0.6) is 0 Å². The number of nitro benzene ring substituents is 1. The van der Waals surface area contributed by atoms with Crippen LogP contribution in [0.25, 0.3) is 0 Å². The highest BCUT2D eigenvalue weighted by molar-refractivity contribution is 6.31. The first-order valence-corrected chi connectivity index (χ1v) is 3.73. The average Bonchev–Trinajstić information content (AvgIpc) is 1.97. The second-order valence-corrected chi connectivity index (χ2v) is 2.90. The topological polar surface area (TPSA) is 43.1 Å². The van der Waals surface area contributed by atoms with Crippen LogP contribution in [0.15, 0.2) is 6.07 Å². The Hall–Kier alpha value is -1.09. The number of halogens is 1. The van der Waals surface area contributed by atoms with Crippen LogP contribution in [0.3, 0.4) is 0 Å².